The number of benzene rings is 2. The van der Waals surface area contributed by atoms with Crippen LogP contribution in [0, 0.1) is 18.3 Å². The second-order valence-electron chi connectivity index (χ2n) is 6.72. The van der Waals surface area contributed by atoms with Gasteiger partial charge in [-0.2, -0.15) is 10.4 Å². The fourth-order valence-electron chi connectivity index (χ4n) is 3.07. The van der Waals surface area contributed by atoms with Crippen molar-refractivity contribution in [1.82, 2.24) is 9.78 Å². The number of nitrogens with one attached hydrogen (secondary N) is 1. The summed E-state index contributed by atoms with van der Waals surface area (Å²) in [6.45, 7) is 1.83. The van der Waals surface area contributed by atoms with Crippen LogP contribution in [0.2, 0.25) is 5.02 Å². The predicted molar refractivity (Wildman–Crippen MR) is 120 cm³/mol. The number of nitrogens with zero attached hydrogens (tertiary/aromatic N) is 3. The zero-order valence-electron chi connectivity index (χ0n) is 16.5. The van der Waals surface area contributed by atoms with E-state index >= 15 is 0 Å². The molecule has 0 bridgehead atoms. The van der Waals surface area contributed by atoms with Gasteiger partial charge in [-0.3, -0.25) is 4.79 Å². The molecule has 0 unspecified atom stereocenters. The van der Waals surface area contributed by atoms with E-state index in [1.165, 1.54) is 6.08 Å². The van der Waals surface area contributed by atoms with E-state index in [-0.39, 0.29) is 5.57 Å². The SMILES string of the molecule is Cc1cc(NC(=O)/C(C#N)=C/c2ccc(-c3ccccc3Cl)o2)n(-c2ccccc2)n1. The summed E-state index contributed by atoms with van der Waals surface area (Å²) in [6, 6.07) is 23.8. The fourth-order valence-corrected chi connectivity index (χ4v) is 3.29. The van der Waals surface area contributed by atoms with Crippen molar-refractivity contribution in [2.45, 2.75) is 6.92 Å². The molecular formula is C24H17ClN4O2. The summed E-state index contributed by atoms with van der Waals surface area (Å²) in [4.78, 5) is 12.8. The number of halogens is 1. The van der Waals surface area contributed by atoms with E-state index in [1.807, 2.05) is 61.5 Å². The van der Waals surface area contributed by atoms with Crippen LogP contribution in [0.5, 0.6) is 0 Å². The molecule has 4 rings (SSSR count). The molecule has 0 saturated heterocycles. The third-order valence-corrected chi connectivity index (χ3v) is 4.82. The molecule has 6 nitrogen and oxygen atoms in total. The number of amides is 1. The quantitative estimate of drug-likeness (QED) is 0.329. The highest BCUT2D eigenvalue weighted by atomic mass is 35.5. The Labute approximate surface area is 184 Å². The monoisotopic (exact) mass is 428 g/mol. The first-order valence-electron chi connectivity index (χ1n) is 9.45. The first-order chi connectivity index (χ1) is 15.0. The van der Waals surface area contributed by atoms with Gasteiger partial charge < -0.3 is 9.73 Å². The number of furan rings is 1. The number of para-hydroxylation sites is 1. The molecule has 2 aromatic carbocycles. The van der Waals surface area contributed by atoms with Gasteiger partial charge >= 0.3 is 0 Å². The Morgan fingerprint density at radius 3 is 2.61 bits per heavy atom. The topological polar surface area (TPSA) is 83.9 Å². The summed E-state index contributed by atoms with van der Waals surface area (Å²) in [6.07, 6.45) is 1.39. The van der Waals surface area contributed by atoms with Gasteiger partial charge in [0.2, 0.25) is 0 Å². The number of hydrogen-bond acceptors (Lipinski definition) is 4. The smallest absolute Gasteiger partial charge is 0.267 e. The Hall–Kier alpha value is -4.08. The average molecular weight is 429 g/mol. The van der Waals surface area contributed by atoms with E-state index < -0.39 is 5.91 Å². The number of aromatic nitrogens is 2. The summed E-state index contributed by atoms with van der Waals surface area (Å²) in [5.41, 5.74) is 2.16. The molecule has 7 heteroatoms. The van der Waals surface area contributed by atoms with Crippen molar-refractivity contribution in [2.24, 2.45) is 0 Å². The minimum absolute atomic E-state index is 0.0986. The second kappa shape index (κ2) is 8.74. The Kier molecular flexibility index (Phi) is 5.69. The summed E-state index contributed by atoms with van der Waals surface area (Å²) in [5, 5.41) is 17.3. The average Bonchev–Trinajstić information content (AvgIpc) is 3.39. The standard InChI is InChI=1S/C24H17ClN4O2/c1-16-13-23(29(28-16)18-7-3-2-4-8-18)27-24(30)17(15-26)14-19-11-12-22(31-19)20-9-5-6-10-21(20)25/h2-14H,1H3,(H,27,30)/b17-14+. The summed E-state index contributed by atoms with van der Waals surface area (Å²) in [5.74, 6) is 0.822. The molecule has 0 aliphatic carbocycles. The Balaban J connectivity index is 1.59. The van der Waals surface area contributed by atoms with Crippen LogP contribution >= 0.6 is 11.6 Å². The van der Waals surface area contributed by atoms with Gasteiger partial charge in [-0.25, -0.2) is 4.68 Å². The highest BCUT2D eigenvalue weighted by Crippen LogP contribution is 2.29. The molecule has 0 fully saturated rings. The van der Waals surface area contributed by atoms with Gasteiger partial charge in [-0.05, 0) is 43.3 Å². The maximum atomic E-state index is 12.8. The molecule has 2 aromatic heterocycles. The number of carbonyl (C=O) groups is 1. The van der Waals surface area contributed by atoms with Gasteiger partial charge in [0.15, 0.2) is 0 Å². The van der Waals surface area contributed by atoms with Crippen molar-refractivity contribution in [3.63, 3.8) is 0 Å². The van der Waals surface area contributed by atoms with E-state index in [9.17, 15) is 10.1 Å². The maximum absolute atomic E-state index is 12.8. The molecule has 0 spiro atoms. The van der Waals surface area contributed by atoms with Gasteiger partial charge in [0.05, 0.1) is 16.4 Å². The molecule has 31 heavy (non-hydrogen) atoms. The van der Waals surface area contributed by atoms with E-state index in [2.05, 4.69) is 10.4 Å². The Morgan fingerprint density at radius 1 is 1.13 bits per heavy atom. The lowest BCUT2D eigenvalue weighted by Crippen LogP contribution is -2.16. The molecular weight excluding hydrogens is 412 g/mol. The zero-order valence-corrected chi connectivity index (χ0v) is 17.3. The van der Waals surface area contributed by atoms with Gasteiger partial charge in [-0.15, -0.1) is 0 Å². The first-order valence-corrected chi connectivity index (χ1v) is 9.83. The van der Waals surface area contributed by atoms with E-state index in [0.29, 0.717) is 22.4 Å². The highest BCUT2D eigenvalue weighted by Gasteiger charge is 2.16. The molecule has 152 valence electrons. The van der Waals surface area contributed by atoms with E-state index in [1.54, 1.807) is 28.9 Å². The van der Waals surface area contributed by atoms with Crippen molar-refractivity contribution in [3.8, 4) is 23.1 Å². The van der Waals surface area contributed by atoms with Gasteiger partial charge in [-0.1, -0.05) is 41.9 Å². The largest absolute Gasteiger partial charge is 0.457 e. The van der Waals surface area contributed by atoms with Crippen LogP contribution in [0.15, 0.2) is 82.8 Å². The van der Waals surface area contributed by atoms with Gasteiger partial charge in [0.25, 0.3) is 5.91 Å². The fraction of sp³-hybridized carbons (Fsp3) is 0.0417. The number of carbonyl (C=O) groups excluding carboxylic acids is 1. The Bertz CT molecular complexity index is 1310. The lowest BCUT2D eigenvalue weighted by atomic mass is 10.2. The molecule has 0 aliphatic rings. The third-order valence-electron chi connectivity index (χ3n) is 4.49. The minimum atomic E-state index is -0.560. The zero-order chi connectivity index (χ0) is 21.8. The molecule has 4 aromatic rings. The van der Waals surface area contributed by atoms with Gasteiger partial charge in [0, 0.05) is 17.7 Å². The number of nitriles is 1. The molecule has 0 radical (unpaired) electrons. The maximum Gasteiger partial charge on any atom is 0.267 e. The van der Waals surface area contributed by atoms with Crippen LogP contribution in [-0.2, 0) is 4.79 Å². The Morgan fingerprint density at radius 2 is 1.87 bits per heavy atom. The number of hydrogen-bond donors (Lipinski definition) is 1. The molecule has 1 amide bonds. The normalized spacial score (nSPS) is 11.2. The second-order valence-corrected chi connectivity index (χ2v) is 7.13. The van der Waals surface area contributed by atoms with Crippen molar-refractivity contribution >= 4 is 29.4 Å². The number of rotatable bonds is 5. The number of anilines is 1. The van der Waals surface area contributed by atoms with Crippen LogP contribution < -0.4 is 5.32 Å². The molecule has 1 N–H and O–H groups in total. The third kappa shape index (κ3) is 4.42. The van der Waals surface area contributed by atoms with Crippen LogP contribution in [-0.4, -0.2) is 15.7 Å². The van der Waals surface area contributed by atoms with Crippen LogP contribution in [0.4, 0.5) is 5.82 Å². The molecule has 0 saturated carbocycles. The lowest BCUT2D eigenvalue weighted by Gasteiger charge is -2.08. The minimum Gasteiger partial charge on any atom is -0.457 e. The van der Waals surface area contributed by atoms with Crippen LogP contribution in [0.1, 0.15) is 11.5 Å². The van der Waals surface area contributed by atoms with Crippen LogP contribution in [0.3, 0.4) is 0 Å². The van der Waals surface area contributed by atoms with Gasteiger partial charge in [0.1, 0.15) is 29.0 Å². The molecule has 2 heterocycles. The van der Waals surface area contributed by atoms with E-state index in [0.717, 1.165) is 16.9 Å². The van der Waals surface area contributed by atoms with Crippen LogP contribution in [0.25, 0.3) is 23.1 Å². The highest BCUT2D eigenvalue weighted by molar-refractivity contribution is 6.33. The number of aryl methyl sites for hydroxylation is 1. The van der Waals surface area contributed by atoms with Crippen molar-refractivity contribution in [2.75, 3.05) is 5.32 Å². The predicted octanol–water partition coefficient (Wildman–Crippen LogP) is 5.64. The first kappa shape index (κ1) is 20.2. The summed E-state index contributed by atoms with van der Waals surface area (Å²) in [7, 11) is 0. The summed E-state index contributed by atoms with van der Waals surface area (Å²) >= 11 is 6.21. The van der Waals surface area contributed by atoms with Crippen molar-refractivity contribution < 1.29 is 9.21 Å². The lowest BCUT2D eigenvalue weighted by molar-refractivity contribution is -0.112. The molecule has 0 aliphatic heterocycles. The van der Waals surface area contributed by atoms with Crippen molar-refractivity contribution in [1.29, 1.82) is 5.26 Å². The van der Waals surface area contributed by atoms with E-state index in [4.69, 9.17) is 16.0 Å². The summed E-state index contributed by atoms with van der Waals surface area (Å²) < 4.78 is 7.39. The van der Waals surface area contributed by atoms with Crippen molar-refractivity contribution in [3.05, 3.63) is 94.8 Å². The molecule has 0 atom stereocenters.